The molecule has 1 saturated carbocycles. The molecular formula is C27H32N2O2S. The lowest BCUT2D eigenvalue weighted by atomic mass is 9.84. The number of aromatic nitrogens is 1. The number of thiazole rings is 1. The molecule has 168 valence electrons. The predicted molar refractivity (Wildman–Crippen MR) is 132 cm³/mol. The molecule has 0 N–H and O–H groups in total. The van der Waals surface area contributed by atoms with Crippen LogP contribution in [0.25, 0.3) is 10.2 Å². The molecule has 1 aliphatic carbocycles. The van der Waals surface area contributed by atoms with Gasteiger partial charge >= 0.3 is 0 Å². The number of hydrogen-bond donors (Lipinski definition) is 0. The van der Waals surface area contributed by atoms with Crippen molar-refractivity contribution in [1.29, 1.82) is 0 Å². The van der Waals surface area contributed by atoms with Crippen molar-refractivity contribution >= 4 is 34.0 Å². The molecule has 2 aromatic carbocycles. The quantitative estimate of drug-likeness (QED) is 0.417. The molecule has 3 aliphatic rings. The Kier molecular flexibility index (Phi) is 5.37. The highest BCUT2D eigenvalue weighted by atomic mass is 32.1. The monoisotopic (exact) mass is 448 g/mol. The fourth-order valence-electron chi connectivity index (χ4n) is 6.00. The highest BCUT2D eigenvalue weighted by Gasteiger charge is 2.49. The maximum Gasteiger partial charge on any atom is 0.165 e. The molecule has 4 nitrogen and oxygen atoms in total. The van der Waals surface area contributed by atoms with Gasteiger partial charge in [-0.05, 0) is 57.7 Å². The molecule has 0 saturated heterocycles. The second-order valence-electron chi connectivity index (χ2n) is 9.88. The third kappa shape index (κ3) is 3.29. The smallest absolute Gasteiger partial charge is 0.165 e. The van der Waals surface area contributed by atoms with Crippen molar-refractivity contribution in [3.63, 3.8) is 0 Å². The molecule has 1 aromatic heterocycles. The minimum absolute atomic E-state index is 0.367. The maximum absolute atomic E-state index is 8.00. The van der Waals surface area contributed by atoms with Gasteiger partial charge in [-0.2, -0.15) is 0 Å². The van der Waals surface area contributed by atoms with Crippen LogP contribution < -0.4 is 4.90 Å². The van der Waals surface area contributed by atoms with E-state index in [-0.39, 0.29) is 5.60 Å². The van der Waals surface area contributed by atoms with Crippen molar-refractivity contribution in [2.24, 2.45) is 0 Å². The first-order chi connectivity index (χ1) is 15.5. The molecule has 32 heavy (non-hydrogen) atoms. The number of ether oxygens (including phenoxy) is 1. The minimum Gasteiger partial charge on any atom is -0.341 e. The normalized spacial score (nSPS) is 24.2. The Morgan fingerprint density at radius 1 is 1.06 bits per heavy atom. The first kappa shape index (κ1) is 21.6. The van der Waals surface area contributed by atoms with Crippen molar-refractivity contribution in [1.82, 2.24) is 4.98 Å². The molecule has 1 atom stereocenters. The van der Waals surface area contributed by atoms with Crippen LogP contribution in [0.2, 0.25) is 0 Å². The van der Waals surface area contributed by atoms with Crippen molar-refractivity contribution in [2.45, 2.75) is 76.5 Å². The van der Waals surface area contributed by atoms with Gasteiger partial charge in [0.1, 0.15) is 6.79 Å². The Morgan fingerprint density at radius 3 is 2.59 bits per heavy atom. The average Bonchev–Trinajstić information content (AvgIpc) is 3.23. The highest BCUT2D eigenvalue weighted by Crippen LogP contribution is 2.52. The number of fused-ring (bicyclic) bond motifs is 6. The second kappa shape index (κ2) is 7.96. The van der Waals surface area contributed by atoms with Crippen LogP contribution in [0, 0.1) is 0 Å². The van der Waals surface area contributed by atoms with E-state index in [9.17, 15) is 0 Å². The molecule has 3 aromatic rings. The fourth-order valence-corrected chi connectivity index (χ4v) is 7.16. The molecule has 0 amide bonds. The molecular weight excluding hydrogens is 416 g/mol. The molecule has 0 spiro atoms. The lowest BCUT2D eigenvalue weighted by Crippen LogP contribution is -2.57. The van der Waals surface area contributed by atoms with E-state index in [0.717, 1.165) is 18.5 Å². The van der Waals surface area contributed by atoms with Crippen LogP contribution in [0.1, 0.15) is 80.5 Å². The van der Waals surface area contributed by atoms with Gasteiger partial charge in [-0.15, -0.1) is 11.3 Å². The van der Waals surface area contributed by atoms with Crippen LogP contribution in [0.4, 0.5) is 5.69 Å². The van der Waals surface area contributed by atoms with Crippen molar-refractivity contribution in [3.05, 3.63) is 58.1 Å². The fraction of sp³-hybridized carbons (Fsp3) is 0.481. The van der Waals surface area contributed by atoms with Gasteiger partial charge in [-0.25, -0.2) is 4.98 Å². The topological polar surface area (TPSA) is 42.4 Å². The number of anilines is 1. The lowest BCUT2D eigenvalue weighted by Gasteiger charge is -2.55. The van der Waals surface area contributed by atoms with Gasteiger partial charge < -0.3 is 14.4 Å². The predicted octanol–water partition coefficient (Wildman–Crippen LogP) is 6.66. The van der Waals surface area contributed by atoms with Crippen molar-refractivity contribution < 1.29 is 9.53 Å². The summed E-state index contributed by atoms with van der Waals surface area (Å²) in [4.78, 5) is 15.6. The lowest BCUT2D eigenvalue weighted by molar-refractivity contribution is -0.155. The van der Waals surface area contributed by atoms with Crippen molar-refractivity contribution in [2.75, 3.05) is 11.4 Å². The van der Waals surface area contributed by atoms with Crippen LogP contribution in [-0.2, 0) is 27.3 Å². The number of carbonyl (C=O) groups excluding carboxylic acids is 1. The Balaban J connectivity index is 0.00000105. The third-order valence-corrected chi connectivity index (χ3v) is 8.69. The summed E-state index contributed by atoms with van der Waals surface area (Å²) in [6, 6.07) is 13.5. The summed E-state index contributed by atoms with van der Waals surface area (Å²) < 4.78 is 8.22. The number of rotatable bonds is 1. The Morgan fingerprint density at radius 2 is 1.81 bits per heavy atom. The second-order valence-corrected chi connectivity index (χ2v) is 10.9. The van der Waals surface area contributed by atoms with E-state index in [1.54, 1.807) is 0 Å². The van der Waals surface area contributed by atoms with Gasteiger partial charge in [-0.3, -0.25) is 0 Å². The zero-order valence-corrected chi connectivity index (χ0v) is 20.1. The Bertz CT molecular complexity index is 1150. The summed E-state index contributed by atoms with van der Waals surface area (Å²) in [5.41, 5.74) is 5.67. The summed E-state index contributed by atoms with van der Waals surface area (Å²) >= 11 is 1.92. The SMILES string of the molecule is C=O.CC1(C)OC2(C)c3ccccc3CCN2c2cc3sc(C4CCCCC4)nc3cc21. The summed E-state index contributed by atoms with van der Waals surface area (Å²) in [5.74, 6) is 0.657. The Hall–Kier alpha value is -2.24. The average molecular weight is 449 g/mol. The van der Waals surface area contributed by atoms with Gasteiger partial charge in [0.05, 0.1) is 20.8 Å². The minimum atomic E-state index is -0.435. The molecule has 6 rings (SSSR count). The van der Waals surface area contributed by atoms with Gasteiger partial charge in [0.25, 0.3) is 0 Å². The van der Waals surface area contributed by atoms with Gasteiger partial charge in [0, 0.05) is 29.3 Å². The molecule has 1 unspecified atom stereocenters. The first-order valence-electron chi connectivity index (χ1n) is 11.8. The third-order valence-electron chi connectivity index (χ3n) is 7.51. The summed E-state index contributed by atoms with van der Waals surface area (Å²) in [5, 5.41) is 1.34. The van der Waals surface area contributed by atoms with Crippen molar-refractivity contribution in [3.8, 4) is 0 Å². The van der Waals surface area contributed by atoms with E-state index >= 15 is 0 Å². The molecule has 0 radical (unpaired) electrons. The number of nitrogens with zero attached hydrogens (tertiary/aromatic N) is 2. The summed E-state index contributed by atoms with van der Waals surface area (Å²) in [7, 11) is 0. The zero-order valence-electron chi connectivity index (χ0n) is 19.3. The Labute approximate surface area is 194 Å². The standard InChI is InChI=1S/C26H30N2OS.CH2O/c1-25(2)20-15-21-23(30-24(27-21)18-10-5-4-6-11-18)16-22(20)28-14-13-17-9-7-8-12-19(17)26(28,3)29-25;1-2/h7-9,12,15-16,18H,4-6,10-11,13-14H2,1-3H3;1H2. The van der Waals surface area contributed by atoms with E-state index in [1.807, 2.05) is 18.1 Å². The van der Waals surface area contributed by atoms with Crippen LogP contribution in [0.15, 0.2) is 36.4 Å². The molecule has 2 aliphatic heterocycles. The van der Waals surface area contributed by atoms with Gasteiger partial charge in [0.2, 0.25) is 0 Å². The van der Waals surface area contributed by atoms with E-state index < -0.39 is 5.72 Å². The van der Waals surface area contributed by atoms with Crippen LogP contribution >= 0.6 is 11.3 Å². The number of benzene rings is 2. The van der Waals surface area contributed by atoms with E-state index in [2.05, 4.69) is 62.1 Å². The zero-order chi connectivity index (χ0) is 22.5. The van der Waals surface area contributed by atoms with Crippen LogP contribution in [0.3, 0.4) is 0 Å². The molecule has 3 heterocycles. The van der Waals surface area contributed by atoms with E-state index in [4.69, 9.17) is 14.5 Å². The number of hydrogen-bond acceptors (Lipinski definition) is 5. The molecule has 1 fully saturated rings. The highest BCUT2D eigenvalue weighted by molar-refractivity contribution is 7.18. The summed E-state index contributed by atoms with van der Waals surface area (Å²) in [6.45, 7) is 9.66. The van der Waals surface area contributed by atoms with Crippen LogP contribution in [-0.4, -0.2) is 18.3 Å². The maximum atomic E-state index is 8.00. The largest absolute Gasteiger partial charge is 0.341 e. The van der Waals surface area contributed by atoms with Gasteiger partial charge in [-0.1, -0.05) is 43.5 Å². The van der Waals surface area contributed by atoms with E-state index in [0.29, 0.717) is 5.92 Å². The van der Waals surface area contributed by atoms with Gasteiger partial charge in [0.15, 0.2) is 5.72 Å². The molecule has 0 bridgehead atoms. The number of carbonyl (C=O) groups is 1. The van der Waals surface area contributed by atoms with Crippen LogP contribution in [0.5, 0.6) is 0 Å². The molecule has 5 heteroatoms. The van der Waals surface area contributed by atoms with E-state index in [1.165, 1.54) is 64.2 Å². The summed E-state index contributed by atoms with van der Waals surface area (Å²) in [6.07, 6.45) is 7.75. The first-order valence-corrected chi connectivity index (χ1v) is 12.6.